The topological polar surface area (TPSA) is 49.3 Å². The summed E-state index contributed by atoms with van der Waals surface area (Å²) in [5.41, 5.74) is 1.21. The van der Waals surface area contributed by atoms with Gasteiger partial charge in [-0.25, -0.2) is 0 Å². The molecule has 0 heterocycles. The van der Waals surface area contributed by atoms with E-state index in [-0.39, 0.29) is 12.6 Å². The van der Waals surface area contributed by atoms with E-state index in [2.05, 4.69) is 12.2 Å². The standard InChI is InChI=1S/C15H23NO2S/c1-11(16-15(9-10-17)13-3-4-13)12-5-7-14(8-6-12)19(2)18/h5-8,11,13,15-17H,3-4,9-10H2,1-2H3. The first-order valence-electron chi connectivity index (χ1n) is 6.92. The maximum Gasteiger partial charge on any atom is 0.0498 e. The van der Waals surface area contributed by atoms with Crippen LogP contribution in [0.25, 0.3) is 0 Å². The summed E-state index contributed by atoms with van der Waals surface area (Å²) >= 11 is 0. The molecule has 0 saturated heterocycles. The van der Waals surface area contributed by atoms with Crippen LogP contribution in [0.1, 0.15) is 37.8 Å². The molecule has 1 saturated carbocycles. The number of aliphatic hydroxyl groups is 1. The molecule has 106 valence electrons. The highest BCUT2D eigenvalue weighted by Gasteiger charge is 2.31. The van der Waals surface area contributed by atoms with Crippen LogP contribution in [0.15, 0.2) is 29.2 Å². The van der Waals surface area contributed by atoms with Crippen molar-refractivity contribution in [3.63, 3.8) is 0 Å². The van der Waals surface area contributed by atoms with Gasteiger partial charge in [-0.05, 0) is 49.8 Å². The van der Waals surface area contributed by atoms with Gasteiger partial charge in [0.1, 0.15) is 0 Å². The monoisotopic (exact) mass is 281 g/mol. The molecule has 3 unspecified atom stereocenters. The number of hydrogen-bond acceptors (Lipinski definition) is 3. The molecular weight excluding hydrogens is 258 g/mol. The average Bonchev–Trinajstić information content (AvgIpc) is 3.22. The fraction of sp³-hybridized carbons (Fsp3) is 0.600. The predicted molar refractivity (Wildman–Crippen MR) is 78.5 cm³/mol. The average molecular weight is 281 g/mol. The smallest absolute Gasteiger partial charge is 0.0498 e. The van der Waals surface area contributed by atoms with Crippen LogP contribution in [0.2, 0.25) is 0 Å². The third kappa shape index (κ3) is 4.13. The summed E-state index contributed by atoms with van der Waals surface area (Å²) < 4.78 is 11.4. The summed E-state index contributed by atoms with van der Waals surface area (Å²) in [6.07, 6.45) is 5.07. The van der Waals surface area contributed by atoms with Crippen LogP contribution >= 0.6 is 0 Å². The molecular formula is C15H23NO2S. The Balaban J connectivity index is 1.97. The number of nitrogens with one attached hydrogen (secondary N) is 1. The van der Waals surface area contributed by atoms with Gasteiger partial charge >= 0.3 is 0 Å². The molecule has 1 aliphatic rings. The normalized spacial score (nSPS) is 19.9. The van der Waals surface area contributed by atoms with Crippen molar-refractivity contribution in [1.29, 1.82) is 0 Å². The van der Waals surface area contributed by atoms with Crippen LogP contribution in [-0.2, 0) is 10.8 Å². The number of rotatable bonds is 7. The lowest BCUT2D eigenvalue weighted by Gasteiger charge is -2.23. The lowest BCUT2D eigenvalue weighted by molar-refractivity contribution is 0.250. The van der Waals surface area contributed by atoms with Gasteiger partial charge in [0.05, 0.1) is 0 Å². The second-order valence-electron chi connectivity index (χ2n) is 5.37. The highest BCUT2D eigenvalue weighted by molar-refractivity contribution is 7.84. The Morgan fingerprint density at radius 1 is 1.37 bits per heavy atom. The molecule has 19 heavy (non-hydrogen) atoms. The molecule has 0 amide bonds. The molecule has 3 nitrogen and oxygen atoms in total. The van der Waals surface area contributed by atoms with Crippen molar-refractivity contribution in [1.82, 2.24) is 5.32 Å². The van der Waals surface area contributed by atoms with Crippen molar-refractivity contribution in [2.24, 2.45) is 5.92 Å². The van der Waals surface area contributed by atoms with Crippen LogP contribution in [0.4, 0.5) is 0 Å². The van der Waals surface area contributed by atoms with Crippen LogP contribution in [0.5, 0.6) is 0 Å². The third-order valence-electron chi connectivity index (χ3n) is 3.81. The summed E-state index contributed by atoms with van der Waals surface area (Å²) in [6.45, 7) is 2.39. The highest BCUT2D eigenvalue weighted by atomic mass is 32.2. The van der Waals surface area contributed by atoms with E-state index in [1.807, 2.05) is 24.3 Å². The van der Waals surface area contributed by atoms with Gasteiger partial charge in [-0.3, -0.25) is 4.21 Å². The molecule has 0 aromatic heterocycles. The van der Waals surface area contributed by atoms with Crippen molar-refractivity contribution < 1.29 is 9.32 Å². The molecule has 1 aromatic carbocycles. The first-order valence-corrected chi connectivity index (χ1v) is 8.48. The van der Waals surface area contributed by atoms with Gasteiger partial charge in [0.25, 0.3) is 0 Å². The molecule has 2 N–H and O–H groups in total. The van der Waals surface area contributed by atoms with Crippen LogP contribution in [0, 0.1) is 5.92 Å². The minimum atomic E-state index is -0.915. The number of hydrogen-bond donors (Lipinski definition) is 2. The van der Waals surface area contributed by atoms with E-state index in [1.165, 1.54) is 18.4 Å². The summed E-state index contributed by atoms with van der Waals surface area (Å²) in [4.78, 5) is 0.866. The van der Waals surface area contributed by atoms with E-state index < -0.39 is 10.8 Å². The molecule has 0 radical (unpaired) electrons. The quantitative estimate of drug-likeness (QED) is 0.806. The molecule has 0 aliphatic heterocycles. The Kier molecular flexibility index (Phi) is 5.13. The maximum atomic E-state index is 11.4. The molecule has 1 aliphatic carbocycles. The zero-order valence-corrected chi connectivity index (χ0v) is 12.5. The van der Waals surface area contributed by atoms with Gasteiger partial charge in [0.15, 0.2) is 0 Å². The molecule has 1 fully saturated rings. The molecule has 1 aromatic rings. The van der Waals surface area contributed by atoms with Gasteiger partial charge < -0.3 is 10.4 Å². The molecule has 4 heteroatoms. The van der Waals surface area contributed by atoms with E-state index in [4.69, 9.17) is 5.11 Å². The van der Waals surface area contributed by atoms with E-state index in [9.17, 15) is 4.21 Å². The van der Waals surface area contributed by atoms with Gasteiger partial charge in [-0.15, -0.1) is 0 Å². The van der Waals surface area contributed by atoms with Gasteiger partial charge in [0.2, 0.25) is 0 Å². The van der Waals surface area contributed by atoms with Gasteiger partial charge in [0, 0.05) is 40.6 Å². The molecule has 0 spiro atoms. The van der Waals surface area contributed by atoms with Crippen LogP contribution in [-0.4, -0.2) is 28.2 Å². The minimum Gasteiger partial charge on any atom is -0.396 e. The first kappa shape index (κ1) is 14.7. The Morgan fingerprint density at radius 3 is 2.47 bits per heavy atom. The Morgan fingerprint density at radius 2 is 2.00 bits per heavy atom. The van der Waals surface area contributed by atoms with Crippen molar-refractivity contribution in [2.75, 3.05) is 12.9 Å². The molecule has 3 atom stereocenters. The van der Waals surface area contributed by atoms with E-state index >= 15 is 0 Å². The van der Waals surface area contributed by atoms with E-state index in [1.54, 1.807) is 6.26 Å². The summed E-state index contributed by atoms with van der Waals surface area (Å²) in [6, 6.07) is 8.62. The Bertz CT molecular complexity index is 428. The van der Waals surface area contributed by atoms with Crippen molar-refractivity contribution in [3.8, 4) is 0 Å². The highest BCUT2D eigenvalue weighted by Crippen LogP contribution is 2.35. The number of benzene rings is 1. The fourth-order valence-electron chi connectivity index (χ4n) is 2.46. The summed E-state index contributed by atoms with van der Waals surface area (Å²) in [5, 5.41) is 12.7. The predicted octanol–water partition coefficient (Wildman–Crippen LogP) is 2.24. The molecule has 2 rings (SSSR count). The van der Waals surface area contributed by atoms with Crippen molar-refractivity contribution in [2.45, 2.75) is 43.2 Å². The largest absolute Gasteiger partial charge is 0.396 e. The second kappa shape index (κ2) is 6.64. The second-order valence-corrected chi connectivity index (χ2v) is 6.75. The SMILES string of the molecule is CC(NC(CCO)C1CC1)c1ccc(S(C)=O)cc1. The van der Waals surface area contributed by atoms with Crippen LogP contribution < -0.4 is 5.32 Å². The van der Waals surface area contributed by atoms with Crippen molar-refractivity contribution >= 4 is 10.8 Å². The van der Waals surface area contributed by atoms with E-state index in [0.29, 0.717) is 6.04 Å². The molecule has 0 bridgehead atoms. The summed E-state index contributed by atoms with van der Waals surface area (Å²) in [5.74, 6) is 0.733. The van der Waals surface area contributed by atoms with Gasteiger partial charge in [-0.2, -0.15) is 0 Å². The van der Waals surface area contributed by atoms with Gasteiger partial charge in [-0.1, -0.05) is 12.1 Å². The van der Waals surface area contributed by atoms with Crippen LogP contribution in [0.3, 0.4) is 0 Å². The summed E-state index contributed by atoms with van der Waals surface area (Å²) in [7, 11) is -0.915. The fourth-order valence-corrected chi connectivity index (χ4v) is 2.98. The lowest BCUT2D eigenvalue weighted by atomic mass is 10.0. The number of aliphatic hydroxyl groups excluding tert-OH is 1. The lowest BCUT2D eigenvalue weighted by Crippen LogP contribution is -2.34. The first-order chi connectivity index (χ1) is 9.11. The Labute approximate surface area is 117 Å². The Hall–Kier alpha value is -0.710. The third-order valence-corrected chi connectivity index (χ3v) is 4.74. The minimum absolute atomic E-state index is 0.245. The zero-order chi connectivity index (χ0) is 13.8. The van der Waals surface area contributed by atoms with E-state index in [0.717, 1.165) is 17.2 Å². The zero-order valence-electron chi connectivity index (χ0n) is 11.6. The van der Waals surface area contributed by atoms with Crippen molar-refractivity contribution in [3.05, 3.63) is 29.8 Å². The maximum absolute atomic E-state index is 11.4.